The van der Waals surface area contributed by atoms with Crippen LogP contribution in [0.3, 0.4) is 0 Å². The van der Waals surface area contributed by atoms with E-state index in [-0.39, 0.29) is 5.60 Å². The van der Waals surface area contributed by atoms with Gasteiger partial charge in [-0.1, -0.05) is 12.8 Å². The van der Waals surface area contributed by atoms with E-state index in [1.54, 1.807) is 0 Å². The number of carbonyl (C=O) groups is 1. The number of hydrogen-bond acceptors (Lipinski definition) is 2. The van der Waals surface area contributed by atoms with Gasteiger partial charge in [0.2, 0.25) is 0 Å². The van der Waals surface area contributed by atoms with E-state index >= 15 is 0 Å². The first-order valence-corrected chi connectivity index (χ1v) is 6.77. The lowest BCUT2D eigenvalue weighted by Gasteiger charge is -2.19. The Balaban J connectivity index is 1.69. The van der Waals surface area contributed by atoms with Crippen molar-refractivity contribution in [3.8, 4) is 0 Å². The van der Waals surface area contributed by atoms with Crippen molar-refractivity contribution in [3.05, 3.63) is 0 Å². The molecule has 2 fully saturated rings. The van der Waals surface area contributed by atoms with Gasteiger partial charge < -0.3 is 4.74 Å². The van der Waals surface area contributed by atoms with E-state index in [0.717, 1.165) is 38.5 Å². The molecule has 1 atom stereocenters. The van der Waals surface area contributed by atoms with Crippen LogP contribution in [0.5, 0.6) is 0 Å². The van der Waals surface area contributed by atoms with E-state index in [1.807, 2.05) is 0 Å². The molecule has 1 aliphatic carbocycles. The highest BCUT2D eigenvalue weighted by Gasteiger charge is 2.32. The quantitative estimate of drug-likeness (QED) is 0.730. The molecule has 0 aromatic carbocycles. The van der Waals surface area contributed by atoms with E-state index < -0.39 is 0 Å². The fourth-order valence-electron chi connectivity index (χ4n) is 3.04. The molecule has 2 rings (SSSR count). The Morgan fingerprint density at radius 1 is 1.25 bits per heavy atom. The summed E-state index contributed by atoms with van der Waals surface area (Å²) in [6.07, 6.45) is 9.06. The molecule has 92 valence electrons. The molecular formula is C14H24O2. The van der Waals surface area contributed by atoms with Crippen LogP contribution in [0.25, 0.3) is 0 Å². The highest BCUT2D eigenvalue weighted by atomic mass is 16.5. The highest BCUT2D eigenvalue weighted by Crippen LogP contribution is 2.33. The molecule has 0 aromatic rings. The average molecular weight is 224 g/mol. The number of rotatable bonds is 4. The monoisotopic (exact) mass is 224 g/mol. The molecule has 0 N–H and O–H groups in total. The van der Waals surface area contributed by atoms with Crippen molar-refractivity contribution in [2.24, 2.45) is 5.92 Å². The summed E-state index contributed by atoms with van der Waals surface area (Å²) in [6, 6.07) is 0. The lowest BCUT2D eigenvalue weighted by Crippen LogP contribution is -2.21. The average Bonchev–Trinajstić information content (AvgIpc) is 2.83. The molecule has 1 saturated carbocycles. The first kappa shape index (κ1) is 12.1. The van der Waals surface area contributed by atoms with Crippen molar-refractivity contribution in [2.45, 2.75) is 76.9 Å². The van der Waals surface area contributed by atoms with Gasteiger partial charge in [-0.25, -0.2) is 0 Å². The van der Waals surface area contributed by atoms with Gasteiger partial charge in [0.25, 0.3) is 0 Å². The summed E-state index contributed by atoms with van der Waals surface area (Å²) in [6.45, 7) is 4.29. The summed E-state index contributed by atoms with van der Waals surface area (Å²) in [4.78, 5) is 11.9. The fraction of sp³-hybridized carbons (Fsp3) is 0.929. The Hall–Kier alpha value is -0.370. The maximum Gasteiger partial charge on any atom is 0.136 e. The summed E-state index contributed by atoms with van der Waals surface area (Å²) in [5.74, 6) is 0.875. The maximum atomic E-state index is 11.9. The summed E-state index contributed by atoms with van der Waals surface area (Å²) in [5.41, 5.74) is 0.0427. The van der Waals surface area contributed by atoms with Crippen molar-refractivity contribution < 1.29 is 9.53 Å². The molecule has 1 heterocycles. The van der Waals surface area contributed by atoms with Gasteiger partial charge in [-0.15, -0.1) is 0 Å². The van der Waals surface area contributed by atoms with E-state index in [0.29, 0.717) is 17.8 Å². The van der Waals surface area contributed by atoms with Crippen LogP contribution in [0.15, 0.2) is 0 Å². The Morgan fingerprint density at radius 2 is 1.94 bits per heavy atom. The first-order chi connectivity index (χ1) is 7.57. The Morgan fingerprint density at radius 3 is 2.50 bits per heavy atom. The molecule has 0 bridgehead atoms. The molecular weight excluding hydrogens is 200 g/mol. The van der Waals surface area contributed by atoms with E-state index in [2.05, 4.69) is 13.8 Å². The zero-order valence-electron chi connectivity index (χ0n) is 10.6. The van der Waals surface area contributed by atoms with Crippen LogP contribution in [-0.2, 0) is 9.53 Å². The summed E-state index contributed by atoms with van der Waals surface area (Å²) >= 11 is 0. The van der Waals surface area contributed by atoms with Crippen LogP contribution in [0.2, 0.25) is 0 Å². The summed E-state index contributed by atoms with van der Waals surface area (Å²) in [7, 11) is 0. The van der Waals surface area contributed by atoms with Gasteiger partial charge in [0.15, 0.2) is 0 Å². The van der Waals surface area contributed by atoms with Crippen LogP contribution in [-0.4, -0.2) is 17.5 Å². The Labute approximate surface area is 98.7 Å². The van der Waals surface area contributed by atoms with Crippen molar-refractivity contribution in [1.82, 2.24) is 0 Å². The second-order valence-corrected chi connectivity index (χ2v) is 6.02. The number of ether oxygens (including phenoxy) is 1. The zero-order chi connectivity index (χ0) is 11.6. The predicted octanol–water partition coefficient (Wildman–Crippen LogP) is 3.48. The van der Waals surface area contributed by atoms with Crippen molar-refractivity contribution in [2.75, 3.05) is 0 Å². The largest absolute Gasteiger partial charge is 0.372 e. The second-order valence-electron chi connectivity index (χ2n) is 6.02. The van der Waals surface area contributed by atoms with Gasteiger partial charge >= 0.3 is 0 Å². The number of ketones is 1. The molecule has 0 spiro atoms. The van der Waals surface area contributed by atoms with Crippen LogP contribution in [0, 0.1) is 5.92 Å². The zero-order valence-corrected chi connectivity index (χ0v) is 10.6. The molecule has 2 nitrogen and oxygen atoms in total. The van der Waals surface area contributed by atoms with Gasteiger partial charge in [-0.3, -0.25) is 4.79 Å². The number of hydrogen-bond donors (Lipinski definition) is 0. The van der Waals surface area contributed by atoms with Gasteiger partial charge in [0.05, 0.1) is 11.7 Å². The van der Waals surface area contributed by atoms with Crippen molar-refractivity contribution >= 4 is 5.78 Å². The molecule has 2 heteroatoms. The molecule has 0 aromatic heterocycles. The summed E-state index contributed by atoms with van der Waals surface area (Å²) in [5, 5.41) is 0. The molecule has 0 radical (unpaired) electrons. The molecule has 2 aliphatic rings. The third-order valence-corrected chi connectivity index (χ3v) is 4.08. The molecule has 1 aliphatic heterocycles. The molecule has 1 saturated heterocycles. The van der Waals surface area contributed by atoms with Gasteiger partial charge in [0.1, 0.15) is 5.78 Å². The van der Waals surface area contributed by atoms with E-state index in [4.69, 9.17) is 4.74 Å². The standard InChI is InChI=1S/C14H24O2/c1-14(2)10-9-12(16-14)7-8-13(15)11-5-3-4-6-11/h11-12H,3-10H2,1-2H3. The minimum absolute atomic E-state index is 0.0427. The molecule has 0 amide bonds. The third kappa shape index (κ3) is 3.07. The van der Waals surface area contributed by atoms with Gasteiger partial charge in [-0.2, -0.15) is 0 Å². The van der Waals surface area contributed by atoms with E-state index in [9.17, 15) is 4.79 Å². The van der Waals surface area contributed by atoms with Crippen LogP contribution < -0.4 is 0 Å². The van der Waals surface area contributed by atoms with Crippen molar-refractivity contribution in [3.63, 3.8) is 0 Å². The van der Waals surface area contributed by atoms with Crippen LogP contribution >= 0.6 is 0 Å². The Kier molecular flexibility index (Phi) is 3.68. The maximum absolute atomic E-state index is 11.9. The fourth-order valence-corrected chi connectivity index (χ4v) is 3.04. The SMILES string of the molecule is CC1(C)CCC(CCC(=O)C2CCCC2)O1. The predicted molar refractivity (Wildman–Crippen MR) is 64.4 cm³/mol. The second kappa shape index (κ2) is 4.87. The third-order valence-electron chi connectivity index (χ3n) is 4.08. The van der Waals surface area contributed by atoms with Crippen LogP contribution in [0.4, 0.5) is 0 Å². The van der Waals surface area contributed by atoms with E-state index in [1.165, 1.54) is 12.8 Å². The van der Waals surface area contributed by atoms with Crippen molar-refractivity contribution in [1.29, 1.82) is 0 Å². The lowest BCUT2D eigenvalue weighted by molar-refractivity contribution is -0.123. The van der Waals surface area contributed by atoms with Gasteiger partial charge in [-0.05, 0) is 46.0 Å². The smallest absolute Gasteiger partial charge is 0.136 e. The lowest BCUT2D eigenvalue weighted by atomic mass is 9.97. The highest BCUT2D eigenvalue weighted by molar-refractivity contribution is 5.81. The topological polar surface area (TPSA) is 26.3 Å². The minimum atomic E-state index is 0.0427. The normalized spacial score (nSPS) is 29.8. The first-order valence-electron chi connectivity index (χ1n) is 6.77. The number of Topliss-reactive ketones (excluding diaryl/α,β-unsaturated/α-hetero) is 1. The summed E-state index contributed by atoms with van der Waals surface area (Å²) < 4.78 is 5.91. The van der Waals surface area contributed by atoms with Crippen LogP contribution in [0.1, 0.15) is 65.2 Å². The molecule has 16 heavy (non-hydrogen) atoms. The minimum Gasteiger partial charge on any atom is -0.372 e. The number of carbonyl (C=O) groups excluding carboxylic acids is 1. The Bertz CT molecular complexity index is 251. The molecule has 1 unspecified atom stereocenters. The van der Waals surface area contributed by atoms with Gasteiger partial charge in [0, 0.05) is 12.3 Å².